The molecule has 3 nitrogen and oxygen atoms in total. The van der Waals surface area contributed by atoms with E-state index in [1.165, 1.54) is 48.7 Å². The van der Waals surface area contributed by atoms with Gasteiger partial charge in [-0.15, -0.1) is 11.3 Å². The molecule has 1 aromatic heterocycles. The first-order valence-electron chi connectivity index (χ1n) is 7.91. The van der Waals surface area contributed by atoms with Crippen LogP contribution in [0.15, 0.2) is 12.1 Å². The molecule has 0 aliphatic carbocycles. The van der Waals surface area contributed by atoms with Gasteiger partial charge in [0.2, 0.25) is 0 Å². The lowest BCUT2D eigenvalue weighted by molar-refractivity contribution is 0.0359. The maximum Gasteiger partial charge on any atom is 0.0328 e. The van der Waals surface area contributed by atoms with Crippen molar-refractivity contribution in [1.29, 1.82) is 0 Å². The fourth-order valence-corrected chi connectivity index (χ4v) is 4.94. The minimum Gasteiger partial charge on any atom is -0.315 e. The lowest BCUT2D eigenvalue weighted by Gasteiger charge is -2.46. The van der Waals surface area contributed by atoms with Crippen molar-refractivity contribution in [1.82, 2.24) is 15.1 Å². The summed E-state index contributed by atoms with van der Waals surface area (Å²) in [7, 11) is 4.33. The van der Waals surface area contributed by atoms with Crippen LogP contribution in [0.25, 0.3) is 0 Å². The van der Waals surface area contributed by atoms with E-state index in [9.17, 15) is 0 Å². The van der Waals surface area contributed by atoms with Crippen LogP contribution in [0.1, 0.15) is 29.0 Å². The van der Waals surface area contributed by atoms with Gasteiger partial charge in [-0.1, -0.05) is 0 Å². The van der Waals surface area contributed by atoms with Crippen LogP contribution < -0.4 is 5.32 Å². The maximum absolute atomic E-state index is 3.23. The van der Waals surface area contributed by atoms with Gasteiger partial charge in [0, 0.05) is 42.0 Å². The normalized spacial score (nSPS) is 28.5. The highest BCUT2D eigenvalue weighted by Gasteiger charge is 2.34. The van der Waals surface area contributed by atoms with Crippen LogP contribution in [0.2, 0.25) is 0 Å². The van der Waals surface area contributed by atoms with Gasteiger partial charge in [0.25, 0.3) is 0 Å². The third-order valence-electron chi connectivity index (χ3n) is 4.88. The van der Waals surface area contributed by atoms with Crippen molar-refractivity contribution in [2.75, 3.05) is 33.7 Å². The van der Waals surface area contributed by atoms with E-state index in [1.807, 2.05) is 18.4 Å². The molecule has 0 saturated carbocycles. The Morgan fingerprint density at radius 2 is 2.10 bits per heavy atom. The number of thiophene rings is 1. The second-order valence-corrected chi connectivity index (χ2v) is 7.63. The Morgan fingerprint density at radius 1 is 1.25 bits per heavy atom. The van der Waals surface area contributed by atoms with Gasteiger partial charge in [0.1, 0.15) is 0 Å². The van der Waals surface area contributed by atoms with Gasteiger partial charge in [0.05, 0.1) is 0 Å². The highest BCUT2D eigenvalue weighted by Crippen LogP contribution is 2.30. The zero-order chi connectivity index (χ0) is 13.9. The summed E-state index contributed by atoms with van der Waals surface area (Å²) < 4.78 is 0. The van der Waals surface area contributed by atoms with Crippen LogP contribution in [-0.2, 0) is 13.1 Å². The third kappa shape index (κ3) is 3.25. The summed E-state index contributed by atoms with van der Waals surface area (Å²) in [6.45, 7) is 6.03. The molecule has 2 aliphatic heterocycles. The highest BCUT2D eigenvalue weighted by molar-refractivity contribution is 7.11. The lowest BCUT2D eigenvalue weighted by atomic mass is 9.84. The number of fused-ring (bicyclic) bond motifs is 1. The van der Waals surface area contributed by atoms with Crippen molar-refractivity contribution in [2.45, 2.75) is 38.4 Å². The number of hydrogen-bond donors (Lipinski definition) is 1. The lowest BCUT2D eigenvalue weighted by Crippen LogP contribution is -2.52. The molecule has 4 heteroatoms. The Labute approximate surface area is 127 Å². The summed E-state index contributed by atoms with van der Waals surface area (Å²) in [5.41, 5.74) is 0. The molecule has 20 heavy (non-hydrogen) atoms. The minimum absolute atomic E-state index is 0.850. The molecule has 3 heterocycles. The molecule has 2 unspecified atom stereocenters. The molecular formula is C16H27N3S. The van der Waals surface area contributed by atoms with E-state index in [-0.39, 0.29) is 0 Å². The Hall–Kier alpha value is -0.420. The van der Waals surface area contributed by atoms with E-state index in [2.05, 4.69) is 34.3 Å². The van der Waals surface area contributed by atoms with Crippen molar-refractivity contribution in [2.24, 2.45) is 5.92 Å². The average Bonchev–Trinajstić information content (AvgIpc) is 2.87. The second kappa shape index (κ2) is 6.56. The molecule has 1 N–H and O–H groups in total. The monoisotopic (exact) mass is 293 g/mol. The first-order chi connectivity index (χ1) is 9.76. The van der Waals surface area contributed by atoms with Crippen LogP contribution >= 0.6 is 11.3 Å². The first kappa shape index (κ1) is 14.5. The molecule has 112 valence electrons. The van der Waals surface area contributed by atoms with Crippen LogP contribution in [0.3, 0.4) is 0 Å². The fourth-order valence-electron chi connectivity index (χ4n) is 3.87. The van der Waals surface area contributed by atoms with Crippen LogP contribution in [0, 0.1) is 5.92 Å². The smallest absolute Gasteiger partial charge is 0.0328 e. The molecule has 0 bridgehead atoms. The van der Waals surface area contributed by atoms with Crippen LogP contribution in [0.5, 0.6) is 0 Å². The average molecular weight is 293 g/mol. The molecule has 0 radical (unpaired) electrons. The van der Waals surface area contributed by atoms with Gasteiger partial charge in [0.15, 0.2) is 0 Å². The van der Waals surface area contributed by atoms with Crippen LogP contribution in [-0.4, -0.2) is 49.6 Å². The van der Waals surface area contributed by atoms with Gasteiger partial charge >= 0.3 is 0 Å². The molecule has 3 rings (SSSR count). The predicted octanol–water partition coefficient (Wildman–Crippen LogP) is 2.38. The number of nitrogens with one attached hydrogen (secondary N) is 1. The summed E-state index contributed by atoms with van der Waals surface area (Å²) >= 11 is 1.97. The zero-order valence-corrected chi connectivity index (χ0v) is 13.6. The molecule has 0 aromatic carbocycles. The van der Waals surface area contributed by atoms with Crippen molar-refractivity contribution < 1.29 is 0 Å². The molecular weight excluding hydrogens is 266 g/mol. The number of hydrogen-bond acceptors (Lipinski definition) is 4. The Balaban J connectivity index is 1.56. The van der Waals surface area contributed by atoms with Gasteiger partial charge in [-0.3, -0.25) is 4.90 Å². The zero-order valence-electron chi connectivity index (χ0n) is 12.8. The van der Waals surface area contributed by atoms with Crippen molar-refractivity contribution in [3.8, 4) is 0 Å². The Kier molecular flexibility index (Phi) is 4.76. The number of rotatable bonds is 4. The van der Waals surface area contributed by atoms with Gasteiger partial charge < -0.3 is 10.2 Å². The van der Waals surface area contributed by atoms with E-state index >= 15 is 0 Å². The minimum atomic E-state index is 0.850. The fraction of sp³-hybridized carbons (Fsp3) is 0.750. The van der Waals surface area contributed by atoms with Gasteiger partial charge in [-0.25, -0.2) is 0 Å². The first-order valence-corrected chi connectivity index (χ1v) is 8.72. The van der Waals surface area contributed by atoms with E-state index in [1.54, 1.807) is 0 Å². The number of likely N-dealkylation sites (tertiary alicyclic amines) is 2. The molecule has 2 atom stereocenters. The molecule has 0 spiro atoms. The van der Waals surface area contributed by atoms with E-state index in [4.69, 9.17) is 0 Å². The van der Waals surface area contributed by atoms with E-state index in [0.717, 1.165) is 25.0 Å². The number of piperidine rings is 2. The standard InChI is InChI=1S/C16H27N3S/c1-17-10-14-5-6-15(20-14)12-19-9-7-16-13(11-19)4-3-8-18(16)2/h5-6,13,16-17H,3-4,7-12H2,1-2H3. The molecule has 2 aliphatic rings. The Bertz CT molecular complexity index is 431. The summed E-state index contributed by atoms with van der Waals surface area (Å²) in [6, 6.07) is 5.44. The quantitative estimate of drug-likeness (QED) is 0.919. The number of nitrogens with zero attached hydrogens (tertiary/aromatic N) is 2. The largest absolute Gasteiger partial charge is 0.315 e. The van der Waals surface area contributed by atoms with Crippen molar-refractivity contribution >= 4 is 11.3 Å². The second-order valence-electron chi connectivity index (χ2n) is 6.37. The predicted molar refractivity (Wildman–Crippen MR) is 86.1 cm³/mol. The molecule has 2 fully saturated rings. The summed E-state index contributed by atoms with van der Waals surface area (Å²) in [5.74, 6) is 0.902. The van der Waals surface area contributed by atoms with Crippen molar-refractivity contribution in [3.63, 3.8) is 0 Å². The topological polar surface area (TPSA) is 18.5 Å². The highest BCUT2D eigenvalue weighted by atomic mass is 32.1. The molecule has 2 saturated heterocycles. The van der Waals surface area contributed by atoms with Crippen molar-refractivity contribution in [3.05, 3.63) is 21.9 Å². The Morgan fingerprint density at radius 3 is 2.95 bits per heavy atom. The van der Waals surface area contributed by atoms with E-state index in [0.29, 0.717) is 0 Å². The molecule has 0 amide bonds. The maximum atomic E-state index is 3.23. The summed E-state index contributed by atoms with van der Waals surface area (Å²) in [6.07, 6.45) is 4.17. The third-order valence-corrected chi connectivity index (χ3v) is 5.95. The van der Waals surface area contributed by atoms with Crippen LogP contribution in [0.4, 0.5) is 0 Å². The van der Waals surface area contributed by atoms with Gasteiger partial charge in [-0.2, -0.15) is 0 Å². The molecule has 1 aromatic rings. The SMILES string of the molecule is CNCc1ccc(CN2CCC3C(CCCN3C)C2)s1. The van der Waals surface area contributed by atoms with Gasteiger partial charge in [-0.05, 0) is 58.0 Å². The summed E-state index contributed by atoms with van der Waals surface area (Å²) in [4.78, 5) is 8.25. The summed E-state index contributed by atoms with van der Waals surface area (Å²) in [5, 5.41) is 3.23. The van der Waals surface area contributed by atoms with E-state index < -0.39 is 0 Å².